The van der Waals surface area contributed by atoms with E-state index in [1.165, 1.54) is 5.56 Å². The largest absolute Gasteiger partial charge is 0.463 e. The van der Waals surface area contributed by atoms with E-state index in [0.717, 1.165) is 12.2 Å². The van der Waals surface area contributed by atoms with Crippen LogP contribution in [-0.4, -0.2) is 25.7 Å². The number of carbonyl (C=O) groups is 1. The molecule has 0 aliphatic heterocycles. The number of hydrogen-bond donors (Lipinski definition) is 0. The lowest BCUT2D eigenvalue weighted by atomic mass is 10.2. The smallest absolute Gasteiger partial charge is 0.335 e. The van der Waals surface area contributed by atoms with Crippen molar-refractivity contribution in [3.05, 3.63) is 42.0 Å². The minimum absolute atomic E-state index is 0.317. The van der Waals surface area contributed by atoms with Crippen molar-refractivity contribution >= 4 is 11.7 Å². The van der Waals surface area contributed by atoms with Gasteiger partial charge >= 0.3 is 5.97 Å². The summed E-state index contributed by atoms with van der Waals surface area (Å²) in [5.41, 5.74) is 2.80. The Kier molecular flexibility index (Phi) is 5.43. The van der Waals surface area contributed by atoms with Crippen LogP contribution in [0.3, 0.4) is 0 Å². The number of esters is 1. The molecule has 0 aromatic heterocycles. The molecular formula is C15H21NO2. The van der Waals surface area contributed by atoms with Crippen LogP contribution in [0.15, 0.2) is 36.4 Å². The van der Waals surface area contributed by atoms with Crippen molar-refractivity contribution in [3.63, 3.8) is 0 Å². The summed E-state index contributed by atoms with van der Waals surface area (Å²) < 4.78 is 4.94. The van der Waals surface area contributed by atoms with Crippen molar-refractivity contribution in [1.29, 1.82) is 0 Å². The third-order valence-electron chi connectivity index (χ3n) is 2.73. The lowest BCUT2D eigenvalue weighted by molar-refractivity contribution is -0.138. The number of aryl methyl sites for hydroxylation is 1. The summed E-state index contributed by atoms with van der Waals surface area (Å²) in [6.45, 7) is 11.4. The van der Waals surface area contributed by atoms with Crippen molar-refractivity contribution in [3.8, 4) is 0 Å². The molecule has 0 heterocycles. The molecule has 0 bridgehead atoms. The molecule has 1 aromatic rings. The molecule has 0 aliphatic carbocycles. The molecule has 0 atom stereocenters. The van der Waals surface area contributed by atoms with Crippen LogP contribution >= 0.6 is 0 Å². The molecule has 0 fully saturated rings. The summed E-state index contributed by atoms with van der Waals surface area (Å²) in [6, 6.07) is 8.23. The predicted molar refractivity (Wildman–Crippen MR) is 74.8 cm³/mol. The molecule has 0 spiro atoms. The number of likely N-dealkylation sites (N-methyl/N-ethyl adjacent to an activating group) is 1. The zero-order valence-corrected chi connectivity index (χ0v) is 11.4. The molecule has 1 aromatic carbocycles. The number of benzene rings is 1. The molecule has 3 heteroatoms. The monoisotopic (exact) mass is 247 g/mol. The van der Waals surface area contributed by atoms with E-state index < -0.39 is 0 Å². The van der Waals surface area contributed by atoms with E-state index in [1.54, 1.807) is 6.92 Å². The minimum Gasteiger partial charge on any atom is -0.463 e. The Morgan fingerprint density at radius 1 is 1.28 bits per heavy atom. The molecule has 0 N–H and O–H groups in total. The van der Waals surface area contributed by atoms with Crippen LogP contribution in [0.2, 0.25) is 0 Å². The first-order valence-electron chi connectivity index (χ1n) is 6.25. The Balaban J connectivity index is 2.70. The van der Waals surface area contributed by atoms with Gasteiger partial charge in [0.1, 0.15) is 0 Å². The second-order valence-electron chi connectivity index (χ2n) is 4.17. The van der Waals surface area contributed by atoms with Crippen molar-refractivity contribution in [2.45, 2.75) is 20.8 Å². The molecule has 18 heavy (non-hydrogen) atoms. The van der Waals surface area contributed by atoms with Crippen LogP contribution in [0, 0.1) is 6.92 Å². The summed E-state index contributed by atoms with van der Waals surface area (Å²) in [5.74, 6) is -0.317. The van der Waals surface area contributed by atoms with Crippen molar-refractivity contribution in [2.75, 3.05) is 24.6 Å². The first kappa shape index (κ1) is 14.3. The van der Waals surface area contributed by atoms with Crippen LogP contribution in [0.5, 0.6) is 0 Å². The maximum Gasteiger partial charge on any atom is 0.335 e. The number of hydrogen-bond acceptors (Lipinski definition) is 3. The van der Waals surface area contributed by atoms with Gasteiger partial charge in [-0.1, -0.05) is 24.3 Å². The molecule has 0 saturated heterocycles. The van der Waals surface area contributed by atoms with E-state index >= 15 is 0 Å². The van der Waals surface area contributed by atoms with Crippen molar-refractivity contribution in [1.82, 2.24) is 0 Å². The number of nitrogens with zero attached hydrogens (tertiary/aromatic N) is 1. The topological polar surface area (TPSA) is 29.5 Å². The van der Waals surface area contributed by atoms with E-state index in [1.807, 2.05) is 0 Å². The molecule has 3 nitrogen and oxygen atoms in total. The highest BCUT2D eigenvalue weighted by Gasteiger charge is 2.12. The highest BCUT2D eigenvalue weighted by Crippen LogP contribution is 2.16. The lowest BCUT2D eigenvalue weighted by Crippen LogP contribution is -2.28. The Labute approximate surface area is 109 Å². The normalized spacial score (nSPS) is 9.94. The standard InChI is InChI=1S/C15H21NO2/c1-5-16(11-13(4)15(17)18-6-2)14-9-7-12(3)8-10-14/h7-10H,4-6,11H2,1-3H3. The van der Waals surface area contributed by atoms with Gasteiger partial charge in [-0.25, -0.2) is 4.79 Å². The van der Waals surface area contributed by atoms with E-state index in [-0.39, 0.29) is 5.97 Å². The Hall–Kier alpha value is -1.77. The third kappa shape index (κ3) is 3.91. The van der Waals surface area contributed by atoms with Crippen molar-refractivity contribution in [2.24, 2.45) is 0 Å². The minimum atomic E-state index is -0.317. The molecule has 1 rings (SSSR count). The zero-order valence-electron chi connectivity index (χ0n) is 11.4. The highest BCUT2D eigenvalue weighted by molar-refractivity contribution is 5.88. The van der Waals surface area contributed by atoms with E-state index in [0.29, 0.717) is 18.7 Å². The fourth-order valence-corrected chi connectivity index (χ4v) is 1.67. The summed E-state index contributed by atoms with van der Waals surface area (Å²) in [7, 11) is 0. The summed E-state index contributed by atoms with van der Waals surface area (Å²) in [6.07, 6.45) is 0. The molecule has 0 saturated carbocycles. The fraction of sp³-hybridized carbons (Fsp3) is 0.400. The maximum atomic E-state index is 11.5. The van der Waals surface area contributed by atoms with Crippen LogP contribution in [0.1, 0.15) is 19.4 Å². The first-order chi connectivity index (χ1) is 8.58. The van der Waals surface area contributed by atoms with Crippen LogP contribution in [0.25, 0.3) is 0 Å². The van der Waals surface area contributed by atoms with Gasteiger partial charge in [0.25, 0.3) is 0 Å². The maximum absolute atomic E-state index is 11.5. The number of anilines is 1. The van der Waals surface area contributed by atoms with Gasteiger partial charge in [-0.2, -0.15) is 0 Å². The van der Waals surface area contributed by atoms with E-state index in [2.05, 4.69) is 49.6 Å². The second kappa shape index (κ2) is 6.84. The lowest BCUT2D eigenvalue weighted by Gasteiger charge is -2.23. The average Bonchev–Trinajstić information content (AvgIpc) is 2.37. The number of ether oxygens (including phenoxy) is 1. The van der Waals surface area contributed by atoms with E-state index in [9.17, 15) is 4.79 Å². The molecule has 0 amide bonds. The predicted octanol–water partition coefficient (Wildman–Crippen LogP) is 2.94. The number of carbonyl (C=O) groups excluding carboxylic acids is 1. The van der Waals surface area contributed by atoms with Crippen LogP contribution < -0.4 is 4.90 Å². The Bertz CT molecular complexity index is 409. The van der Waals surface area contributed by atoms with Gasteiger partial charge < -0.3 is 9.64 Å². The van der Waals surface area contributed by atoms with Crippen molar-refractivity contribution < 1.29 is 9.53 Å². The summed E-state index contributed by atoms with van der Waals surface area (Å²) in [4.78, 5) is 13.6. The number of rotatable bonds is 6. The third-order valence-corrected chi connectivity index (χ3v) is 2.73. The fourth-order valence-electron chi connectivity index (χ4n) is 1.67. The Morgan fingerprint density at radius 2 is 1.89 bits per heavy atom. The van der Waals surface area contributed by atoms with Gasteiger partial charge in [0.15, 0.2) is 0 Å². The van der Waals surface area contributed by atoms with Crippen LogP contribution in [0.4, 0.5) is 5.69 Å². The van der Waals surface area contributed by atoms with Gasteiger partial charge in [0.05, 0.1) is 6.61 Å². The molecule has 0 unspecified atom stereocenters. The van der Waals surface area contributed by atoms with Gasteiger partial charge in [-0.3, -0.25) is 0 Å². The summed E-state index contributed by atoms with van der Waals surface area (Å²) in [5, 5.41) is 0. The van der Waals surface area contributed by atoms with Gasteiger partial charge in [0, 0.05) is 24.4 Å². The summed E-state index contributed by atoms with van der Waals surface area (Å²) >= 11 is 0. The molecular weight excluding hydrogens is 226 g/mol. The average molecular weight is 247 g/mol. The highest BCUT2D eigenvalue weighted by atomic mass is 16.5. The van der Waals surface area contributed by atoms with Gasteiger partial charge in [-0.15, -0.1) is 0 Å². The Morgan fingerprint density at radius 3 is 2.39 bits per heavy atom. The van der Waals surface area contributed by atoms with Gasteiger partial charge in [-0.05, 0) is 32.9 Å². The molecule has 0 aliphatic rings. The van der Waals surface area contributed by atoms with Crippen LogP contribution in [-0.2, 0) is 9.53 Å². The molecule has 98 valence electrons. The van der Waals surface area contributed by atoms with Gasteiger partial charge in [0.2, 0.25) is 0 Å². The van der Waals surface area contributed by atoms with E-state index in [4.69, 9.17) is 4.74 Å². The second-order valence-corrected chi connectivity index (χ2v) is 4.17. The molecule has 0 radical (unpaired) electrons. The quantitative estimate of drug-likeness (QED) is 0.572. The first-order valence-corrected chi connectivity index (χ1v) is 6.25. The zero-order chi connectivity index (χ0) is 13.5. The SMILES string of the molecule is C=C(CN(CC)c1ccc(C)cc1)C(=O)OCC.